The molecule has 2 aliphatic heterocycles. The first-order valence-electron chi connectivity index (χ1n) is 10.1. The summed E-state index contributed by atoms with van der Waals surface area (Å²) in [6, 6.07) is 12.5. The number of carbonyl (C=O) groups is 2. The van der Waals surface area contributed by atoms with Crippen molar-refractivity contribution >= 4 is 34.8 Å². The molecule has 0 N–H and O–H groups in total. The molecule has 1 aromatic carbocycles. The van der Waals surface area contributed by atoms with Crippen molar-refractivity contribution in [1.29, 1.82) is 0 Å². The zero-order valence-corrected chi connectivity index (χ0v) is 18.2. The largest absolute Gasteiger partial charge is 0.338 e. The lowest BCUT2D eigenvalue weighted by molar-refractivity contribution is -0.142. The van der Waals surface area contributed by atoms with Crippen LogP contribution in [0.15, 0.2) is 41.8 Å². The Bertz CT molecular complexity index is 864. The molecule has 1 aromatic heterocycles. The Morgan fingerprint density at radius 3 is 2.45 bits per heavy atom. The number of piperazine rings is 1. The SMILES string of the molecule is CC(C(=O)N1CCN(C(=O)CCl)CC1)N1CCc2sccc2C1c1ccccc1. The summed E-state index contributed by atoms with van der Waals surface area (Å²) < 4.78 is 0. The third-order valence-electron chi connectivity index (χ3n) is 6.03. The Hall–Kier alpha value is -1.89. The van der Waals surface area contributed by atoms with Crippen LogP contribution in [-0.2, 0) is 16.0 Å². The molecule has 2 atom stereocenters. The fraction of sp³-hybridized carbons (Fsp3) is 0.455. The number of hydrogen-bond acceptors (Lipinski definition) is 4. The van der Waals surface area contributed by atoms with Crippen molar-refractivity contribution in [2.75, 3.05) is 38.6 Å². The minimum atomic E-state index is -0.219. The minimum absolute atomic E-state index is 0.000142. The fourth-order valence-electron chi connectivity index (χ4n) is 4.43. The molecular weight excluding hydrogens is 406 g/mol. The Balaban J connectivity index is 1.52. The molecule has 29 heavy (non-hydrogen) atoms. The summed E-state index contributed by atoms with van der Waals surface area (Å²) in [7, 11) is 0. The van der Waals surface area contributed by atoms with Gasteiger partial charge in [-0.05, 0) is 35.9 Å². The molecule has 4 rings (SSSR count). The summed E-state index contributed by atoms with van der Waals surface area (Å²) in [5, 5.41) is 2.16. The molecule has 0 radical (unpaired) electrons. The van der Waals surface area contributed by atoms with Crippen molar-refractivity contribution in [2.45, 2.75) is 25.4 Å². The number of nitrogens with zero attached hydrogens (tertiary/aromatic N) is 3. The molecule has 154 valence electrons. The van der Waals surface area contributed by atoms with E-state index in [-0.39, 0.29) is 29.8 Å². The molecular formula is C22H26ClN3O2S. The maximum Gasteiger partial charge on any atom is 0.239 e. The topological polar surface area (TPSA) is 43.9 Å². The van der Waals surface area contributed by atoms with Crippen molar-refractivity contribution < 1.29 is 9.59 Å². The molecule has 0 bridgehead atoms. The van der Waals surface area contributed by atoms with Gasteiger partial charge >= 0.3 is 0 Å². The normalized spacial score (nSPS) is 21.0. The Kier molecular flexibility index (Phi) is 6.23. The highest BCUT2D eigenvalue weighted by atomic mass is 35.5. The third-order valence-corrected chi connectivity index (χ3v) is 7.26. The average molecular weight is 432 g/mol. The zero-order valence-electron chi connectivity index (χ0n) is 16.6. The summed E-state index contributed by atoms with van der Waals surface area (Å²) in [4.78, 5) is 32.5. The second-order valence-corrected chi connectivity index (χ2v) is 8.88. The van der Waals surface area contributed by atoms with Crippen molar-refractivity contribution in [3.63, 3.8) is 0 Å². The van der Waals surface area contributed by atoms with E-state index in [0.717, 1.165) is 13.0 Å². The van der Waals surface area contributed by atoms with Gasteiger partial charge in [0.2, 0.25) is 11.8 Å². The summed E-state index contributed by atoms with van der Waals surface area (Å²) in [5.74, 6) is 0.0828. The van der Waals surface area contributed by atoms with Gasteiger partial charge in [0.15, 0.2) is 0 Å². The van der Waals surface area contributed by atoms with Gasteiger partial charge in [0, 0.05) is 37.6 Å². The lowest BCUT2D eigenvalue weighted by Gasteiger charge is -2.42. The number of carbonyl (C=O) groups excluding carboxylic acids is 2. The molecule has 7 heteroatoms. The fourth-order valence-corrected chi connectivity index (χ4v) is 5.50. The Morgan fingerprint density at radius 1 is 1.07 bits per heavy atom. The standard InChI is InChI=1S/C22H26ClN3O2S/c1-16(22(28)25-12-10-24(11-13-25)20(27)15-23)26-9-7-19-18(8-14-29-19)21(26)17-5-3-2-4-6-17/h2-6,8,14,16,21H,7,9-13,15H2,1H3. The Labute approximate surface area is 180 Å². The van der Waals surface area contributed by atoms with E-state index >= 15 is 0 Å². The number of rotatable bonds is 4. The summed E-state index contributed by atoms with van der Waals surface area (Å²) in [6.45, 7) is 5.14. The molecule has 5 nitrogen and oxygen atoms in total. The van der Waals surface area contributed by atoms with Gasteiger partial charge in [-0.3, -0.25) is 14.5 Å². The van der Waals surface area contributed by atoms with Crippen LogP contribution in [-0.4, -0.2) is 71.2 Å². The van der Waals surface area contributed by atoms with Crippen molar-refractivity contribution in [2.24, 2.45) is 0 Å². The number of amides is 2. The molecule has 2 amide bonds. The molecule has 0 spiro atoms. The maximum atomic E-state index is 13.3. The predicted molar refractivity (Wildman–Crippen MR) is 116 cm³/mol. The quantitative estimate of drug-likeness (QED) is 0.699. The van der Waals surface area contributed by atoms with Gasteiger partial charge in [0.25, 0.3) is 0 Å². The summed E-state index contributed by atoms with van der Waals surface area (Å²) in [6.07, 6.45) is 0.978. The highest BCUT2D eigenvalue weighted by Gasteiger charge is 2.37. The van der Waals surface area contributed by atoms with Crippen LogP contribution < -0.4 is 0 Å². The monoisotopic (exact) mass is 431 g/mol. The van der Waals surface area contributed by atoms with Crippen LogP contribution in [0.5, 0.6) is 0 Å². The van der Waals surface area contributed by atoms with E-state index in [9.17, 15) is 9.59 Å². The predicted octanol–water partition coefficient (Wildman–Crippen LogP) is 2.99. The van der Waals surface area contributed by atoms with E-state index in [1.165, 1.54) is 16.0 Å². The first-order valence-corrected chi connectivity index (χ1v) is 11.5. The van der Waals surface area contributed by atoms with Crippen molar-refractivity contribution in [3.05, 3.63) is 57.8 Å². The molecule has 1 fully saturated rings. The van der Waals surface area contributed by atoms with Crippen LogP contribution in [0, 0.1) is 0 Å². The average Bonchev–Trinajstić information content (AvgIpc) is 3.26. The van der Waals surface area contributed by atoms with Gasteiger partial charge in [0.05, 0.1) is 12.1 Å². The first-order chi connectivity index (χ1) is 14.1. The zero-order chi connectivity index (χ0) is 20.4. The summed E-state index contributed by atoms with van der Waals surface area (Å²) >= 11 is 7.47. The number of fused-ring (bicyclic) bond motifs is 1. The van der Waals surface area contributed by atoms with Crippen LogP contribution in [0.3, 0.4) is 0 Å². The number of halogens is 1. The van der Waals surface area contributed by atoms with E-state index in [2.05, 4.69) is 40.6 Å². The van der Waals surface area contributed by atoms with Crippen LogP contribution in [0.1, 0.15) is 29.0 Å². The number of benzene rings is 1. The van der Waals surface area contributed by atoms with Gasteiger partial charge < -0.3 is 9.80 Å². The molecule has 3 heterocycles. The van der Waals surface area contributed by atoms with Gasteiger partial charge in [-0.15, -0.1) is 22.9 Å². The lowest BCUT2D eigenvalue weighted by Crippen LogP contribution is -2.56. The molecule has 0 aliphatic carbocycles. The van der Waals surface area contributed by atoms with Gasteiger partial charge in [-0.2, -0.15) is 0 Å². The van der Waals surface area contributed by atoms with Gasteiger partial charge in [0.1, 0.15) is 5.88 Å². The second-order valence-electron chi connectivity index (χ2n) is 7.62. The van der Waals surface area contributed by atoms with Crippen LogP contribution in [0.2, 0.25) is 0 Å². The van der Waals surface area contributed by atoms with E-state index in [1.54, 1.807) is 4.90 Å². The lowest BCUT2D eigenvalue weighted by atomic mass is 9.92. The van der Waals surface area contributed by atoms with E-state index in [0.29, 0.717) is 26.2 Å². The van der Waals surface area contributed by atoms with Crippen LogP contribution >= 0.6 is 22.9 Å². The molecule has 2 aliphatic rings. The Morgan fingerprint density at radius 2 is 1.76 bits per heavy atom. The van der Waals surface area contributed by atoms with Crippen LogP contribution in [0.25, 0.3) is 0 Å². The molecule has 0 saturated carbocycles. The third kappa shape index (κ3) is 4.06. The van der Waals surface area contributed by atoms with Crippen molar-refractivity contribution in [1.82, 2.24) is 14.7 Å². The number of alkyl halides is 1. The van der Waals surface area contributed by atoms with E-state index in [1.807, 2.05) is 29.2 Å². The van der Waals surface area contributed by atoms with Gasteiger partial charge in [-0.1, -0.05) is 30.3 Å². The van der Waals surface area contributed by atoms with Gasteiger partial charge in [-0.25, -0.2) is 0 Å². The first kappa shape index (κ1) is 20.4. The highest BCUT2D eigenvalue weighted by Crippen LogP contribution is 2.39. The minimum Gasteiger partial charge on any atom is -0.338 e. The smallest absolute Gasteiger partial charge is 0.239 e. The number of hydrogen-bond donors (Lipinski definition) is 0. The highest BCUT2D eigenvalue weighted by molar-refractivity contribution is 7.10. The number of thiophene rings is 1. The molecule has 2 unspecified atom stereocenters. The molecule has 1 saturated heterocycles. The van der Waals surface area contributed by atoms with Crippen molar-refractivity contribution in [3.8, 4) is 0 Å². The second kappa shape index (κ2) is 8.86. The molecule has 2 aromatic rings. The maximum absolute atomic E-state index is 13.3. The summed E-state index contributed by atoms with van der Waals surface area (Å²) in [5.41, 5.74) is 2.55. The van der Waals surface area contributed by atoms with Crippen LogP contribution in [0.4, 0.5) is 0 Å². The van der Waals surface area contributed by atoms with E-state index < -0.39 is 0 Å². The van der Waals surface area contributed by atoms with E-state index in [4.69, 9.17) is 11.6 Å².